The van der Waals surface area contributed by atoms with E-state index in [2.05, 4.69) is 11.8 Å². The molecule has 0 aliphatic heterocycles. The number of hydrogen-bond acceptors (Lipinski definition) is 4. The Hall–Kier alpha value is -2.97. The molecule has 0 saturated heterocycles. The van der Waals surface area contributed by atoms with Crippen molar-refractivity contribution in [1.82, 2.24) is 4.90 Å². The maximum absolute atomic E-state index is 11.7. The van der Waals surface area contributed by atoms with Crippen molar-refractivity contribution < 1.29 is 19.4 Å². The monoisotopic (exact) mass is 435 g/mol. The van der Waals surface area contributed by atoms with E-state index >= 15 is 0 Å². The summed E-state index contributed by atoms with van der Waals surface area (Å²) in [6.07, 6.45) is 5.51. The van der Waals surface area contributed by atoms with Gasteiger partial charge < -0.3 is 19.5 Å². The van der Waals surface area contributed by atoms with Gasteiger partial charge in [-0.05, 0) is 61.9 Å². The van der Waals surface area contributed by atoms with Crippen molar-refractivity contribution in [3.8, 4) is 23.3 Å². The summed E-state index contributed by atoms with van der Waals surface area (Å²) in [7, 11) is 1.64. The summed E-state index contributed by atoms with van der Waals surface area (Å²) < 4.78 is 11.8. The van der Waals surface area contributed by atoms with E-state index in [4.69, 9.17) is 9.47 Å². The fourth-order valence-corrected chi connectivity index (χ4v) is 3.91. The molecule has 1 saturated carbocycles. The Morgan fingerprint density at radius 3 is 2.53 bits per heavy atom. The van der Waals surface area contributed by atoms with Crippen molar-refractivity contribution in [3.05, 3.63) is 59.7 Å². The van der Waals surface area contributed by atoms with Crippen LogP contribution in [-0.4, -0.2) is 48.8 Å². The molecule has 2 aromatic rings. The second kappa shape index (κ2) is 12.2. The summed E-state index contributed by atoms with van der Waals surface area (Å²) in [5, 5.41) is 10.0. The van der Waals surface area contributed by atoms with Gasteiger partial charge >= 0.3 is 0 Å². The van der Waals surface area contributed by atoms with Gasteiger partial charge in [0.05, 0.1) is 25.2 Å². The van der Waals surface area contributed by atoms with Gasteiger partial charge in [-0.2, -0.15) is 0 Å². The van der Waals surface area contributed by atoms with Crippen LogP contribution < -0.4 is 9.47 Å². The molecule has 2 atom stereocenters. The molecule has 1 fully saturated rings. The van der Waals surface area contributed by atoms with Crippen LogP contribution in [0.3, 0.4) is 0 Å². The van der Waals surface area contributed by atoms with E-state index in [0.29, 0.717) is 18.7 Å². The Kier molecular flexibility index (Phi) is 9.01. The molecule has 2 unspecified atom stereocenters. The predicted octanol–water partition coefficient (Wildman–Crippen LogP) is 4.38. The first kappa shape index (κ1) is 23.7. The van der Waals surface area contributed by atoms with E-state index in [-0.39, 0.29) is 18.6 Å². The molecule has 170 valence electrons. The Bertz CT molecular complexity index is 912. The van der Waals surface area contributed by atoms with Crippen LogP contribution in [0.1, 0.15) is 56.1 Å². The molecule has 5 nitrogen and oxygen atoms in total. The van der Waals surface area contributed by atoms with Crippen LogP contribution >= 0.6 is 0 Å². The van der Waals surface area contributed by atoms with Gasteiger partial charge in [0, 0.05) is 18.7 Å². The van der Waals surface area contributed by atoms with E-state index in [1.165, 1.54) is 12.8 Å². The normalized spacial score (nSPS) is 15.3. The number of amides is 1. The van der Waals surface area contributed by atoms with Gasteiger partial charge in [-0.3, -0.25) is 4.79 Å². The van der Waals surface area contributed by atoms with Crippen molar-refractivity contribution in [1.29, 1.82) is 0 Å². The van der Waals surface area contributed by atoms with Crippen molar-refractivity contribution in [2.45, 2.75) is 57.2 Å². The zero-order valence-electron chi connectivity index (χ0n) is 19.0. The molecule has 5 heteroatoms. The lowest BCUT2D eigenvalue weighted by atomic mass is 9.97. The summed E-state index contributed by atoms with van der Waals surface area (Å²) in [5.41, 5.74) is 1.87. The Morgan fingerprint density at radius 2 is 1.88 bits per heavy atom. The average molecular weight is 436 g/mol. The number of carbonyl (C=O) groups excluding carboxylic acids is 1. The van der Waals surface area contributed by atoms with Crippen LogP contribution in [-0.2, 0) is 4.79 Å². The zero-order valence-corrected chi connectivity index (χ0v) is 19.0. The van der Waals surface area contributed by atoms with Crippen molar-refractivity contribution in [3.63, 3.8) is 0 Å². The maximum Gasteiger partial charge on any atom is 0.209 e. The van der Waals surface area contributed by atoms with Gasteiger partial charge in [0.15, 0.2) is 11.5 Å². The number of hydrogen-bond donors (Lipinski definition) is 1. The minimum atomic E-state index is -0.555. The van der Waals surface area contributed by atoms with Crippen LogP contribution in [0.2, 0.25) is 0 Å². The molecule has 0 spiro atoms. The van der Waals surface area contributed by atoms with E-state index in [9.17, 15) is 9.90 Å². The maximum atomic E-state index is 11.7. The first-order chi connectivity index (χ1) is 15.6. The third kappa shape index (κ3) is 6.77. The molecule has 0 aromatic heterocycles. The first-order valence-electron chi connectivity index (χ1n) is 11.4. The van der Waals surface area contributed by atoms with Gasteiger partial charge in [-0.1, -0.05) is 43.0 Å². The lowest BCUT2D eigenvalue weighted by Crippen LogP contribution is -2.34. The quantitative estimate of drug-likeness (QED) is 0.444. The standard InChI is InChI=1S/C27H33NO4/c1-3-24(30)19-28(20-29)18-23(14-13-21-9-5-4-6-10-21)22-15-16-26(31-2)27(17-22)32-25-11-7-8-12-25/h4-6,9-10,15-17,20,23-25,30H,3,7-8,11-12,18-19H2,1-2H3. The highest BCUT2D eigenvalue weighted by atomic mass is 16.5. The van der Waals surface area contributed by atoms with Crippen LogP contribution in [0, 0.1) is 11.8 Å². The molecule has 0 heterocycles. The Morgan fingerprint density at radius 1 is 1.12 bits per heavy atom. The number of benzene rings is 2. The highest BCUT2D eigenvalue weighted by Gasteiger charge is 2.21. The molecule has 0 bridgehead atoms. The Balaban J connectivity index is 1.90. The largest absolute Gasteiger partial charge is 0.493 e. The number of ether oxygens (including phenoxy) is 2. The smallest absolute Gasteiger partial charge is 0.209 e. The van der Waals surface area contributed by atoms with Crippen LogP contribution in [0.15, 0.2) is 48.5 Å². The topological polar surface area (TPSA) is 59.0 Å². The number of carbonyl (C=O) groups is 1. The first-order valence-corrected chi connectivity index (χ1v) is 11.4. The molecular formula is C27H33NO4. The van der Waals surface area contributed by atoms with Gasteiger partial charge in [0.25, 0.3) is 0 Å². The molecule has 0 radical (unpaired) electrons. The number of nitrogens with zero attached hydrogens (tertiary/aromatic N) is 1. The zero-order chi connectivity index (χ0) is 22.8. The number of aliphatic hydroxyl groups is 1. The molecule has 1 aliphatic rings. The molecule has 1 N–H and O–H groups in total. The van der Waals surface area contributed by atoms with Gasteiger partial charge in [-0.25, -0.2) is 0 Å². The van der Waals surface area contributed by atoms with Crippen molar-refractivity contribution >= 4 is 6.41 Å². The fraction of sp³-hybridized carbons (Fsp3) is 0.444. The highest BCUT2D eigenvalue weighted by Crippen LogP contribution is 2.34. The van der Waals surface area contributed by atoms with Crippen molar-refractivity contribution in [2.75, 3.05) is 20.2 Å². The average Bonchev–Trinajstić information content (AvgIpc) is 3.34. The summed E-state index contributed by atoms with van der Waals surface area (Å²) in [4.78, 5) is 13.3. The van der Waals surface area contributed by atoms with Crippen LogP contribution in [0.25, 0.3) is 0 Å². The molecule has 1 aliphatic carbocycles. The third-order valence-corrected chi connectivity index (χ3v) is 5.83. The van der Waals surface area contributed by atoms with E-state index in [0.717, 1.165) is 36.1 Å². The number of aliphatic hydroxyl groups excluding tert-OH is 1. The highest BCUT2D eigenvalue weighted by molar-refractivity contribution is 5.50. The molecule has 1 amide bonds. The van der Waals surface area contributed by atoms with Crippen LogP contribution in [0.4, 0.5) is 0 Å². The third-order valence-electron chi connectivity index (χ3n) is 5.83. The van der Waals surface area contributed by atoms with E-state index in [1.807, 2.05) is 55.5 Å². The molecular weight excluding hydrogens is 402 g/mol. The van der Waals surface area contributed by atoms with Crippen molar-refractivity contribution in [2.24, 2.45) is 0 Å². The minimum absolute atomic E-state index is 0.208. The van der Waals surface area contributed by atoms with Crippen LogP contribution in [0.5, 0.6) is 11.5 Å². The van der Waals surface area contributed by atoms with Gasteiger partial charge in [-0.15, -0.1) is 0 Å². The fourth-order valence-electron chi connectivity index (χ4n) is 3.91. The molecule has 32 heavy (non-hydrogen) atoms. The van der Waals surface area contributed by atoms with E-state index in [1.54, 1.807) is 12.0 Å². The summed E-state index contributed by atoms with van der Waals surface area (Å²) in [5.74, 6) is 7.75. The second-order valence-corrected chi connectivity index (χ2v) is 8.24. The second-order valence-electron chi connectivity index (χ2n) is 8.24. The SMILES string of the molecule is CCC(O)CN(C=O)CC(C#Cc1ccccc1)c1ccc(OC)c(OC2CCCC2)c1. The van der Waals surface area contributed by atoms with E-state index < -0.39 is 6.10 Å². The lowest BCUT2D eigenvalue weighted by molar-refractivity contribution is -0.119. The summed E-state index contributed by atoms with van der Waals surface area (Å²) in [6.45, 7) is 2.57. The Labute approximate surface area is 191 Å². The minimum Gasteiger partial charge on any atom is -0.493 e. The molecule has 3 rings (SSSR count). The number of rotatable bonds is 10. The summed E-state index contributed by atoms with van der Waals surface area (Å²) in [6, 6.07) is 15.7. The predicted molar refractivity (Wildman–Crippen MR) is 126 cm³/mol. The lowest BCUT2D eigenvalue weighted by Gasteiger charge is -2.24. The summed E-state index contributed by atoms with van der Waals surface area (Å²) >= 11 is 0. The van der Waals surface area contributed by atoms with Gasteiger partial charge in [0.2, 0.25) is 6.41 Å². The number of methoxy groups -OCH3 is 1. The molecule has 2 aromatic carbocycles. The van der Waals surface area contributed by atoms with Gasteiger partial charge in [0.1, 0.15) is 0 Å².